The van der Waals surface area contributed by atoms with E-state index in [9.17, 15) is 8.42 Å². The third-order valence-electron chi connectivity index (χ3n) is 3.71. The van der Waals surface area contributed by atoms with Crippen molar-refractivity contribution in [1.82, 2.24) is 15.0 Å². The molecule has 148 valence electrons. The second-order valence-corrected chi connectivity index (χ2v) is 7.75. The number of benzene rings is 1. The van der Waals surface area contributed by atoms with Gasteiger partial charge in [0.2, 0.25) is 10.0 Å². The van der Waals surface area contributed by atoms with Crippen molar-refractivity contribution in [3.05, 3.63) is 42.7 Å². The molecule has 0 fully saturated rings. The van der Waals surface area contributed by atoms with Crippen LogP contribution in [0, 0.1) is 0 Å². The van der Waals surface area contributed by atoms with Crippen LogP contribution in [0.2, 0.25) is 0 Å². The average molecular weight is 403 g/mol. The van der Waals surface area contributed by atoms with E-state index in [1.165, 1.54) is 0 Å². The lowest BCUT2D eigenvalue weighted by atomic mass is 10.2. The first-order valence-electron chi connectivity index (χ1n) is 8.59. The molecule has 0 amide bonds. The van der Waals surface area contributed by atoms with Crippen LogP contribution in [0.1, 0.15) is 0 Å². The zero-order valence-corrected chi connectivity index (χ0v) is 16.1. The van der Waals surface area contributed by atoms with Gasteiger partial charge in [0.1, 0.15) is 5.82 Å². The molecule has 9 nitrogen and oxygen atoms in total. The Labute approximate surface area is 162 Å². The van der Waals surface area contributed by atoms with Gasteiger partial charge in [-0.05, 0) is 30.3 Å². The summed E-state index contributed by atoms with van der Waals surface area (Å²) in [6.07, 6.45) is 4.42. The SMILES string of the molecule is CS(=O)(=O)Nc1ccc2nc(-c3ccncc3)nc(NCCOCCO)c2c1. The minimum Gasteiger partial charge on any atom is -0.394 e. The number of aliphatic hydroxyl groups is 1. The molecule has 0 aliphatic carbocycles. The van der Waals surface area contributed by atoms with Gasteiger partial charge < -0.3 is 15.2 Å². The zero-order valence-electron chi connectivity index (χ0n) is 15.3. The second kappa shape index (κ2) is 8.91. The fourth-order valence-corrected chi connectivity index (χ4v) is 3.13. The van der Waals surface area contributed by atoms with Crippen LogP contribution in [-0.4, -0.2) is 61.1 Å². The number of anilines is 2. The number of nitrogens with zero attached hydrogens (tertiary/aromatic N) is 3. The highest BCUT2D eigenvalue weighted by molar-refractivity contribution is 7.92. The van der Waals surface area contributed by atoms with Gasteiger partial charge in [-0.1, -0.05) is 0 Å². The van der Waals surface area contributed by atoms with E-state index in [-0.39, 0.29) is 13.2 Å². The second-order valence-electron chi connectivity index (χ2n) is 6.00. The summed E-state index contributed by atoms with van der Waals surface area (Å²) in [4.78, 5) is 13.2. The van der Waals surface area contributed by atoms with Crippen LogP contribution < -0.4 is 10.0 Å². The monoisotopic (exact) mass is 403 g/mol. The molecule has 2 aromatic heterocycles. The topological polar surface area (TPSA) is 126 Å². The molecule has 0 unspecified atom stereocenters. The highest BCUT2D eigenvalue weighted by atomic mass is 32.2. The fourth-order valence-electron chi connectivity index (χ4n) is 2.58. The van der Waals surface area contributed by atoms with Crippen molar-refractivity contribution in [3.8, 4) is 11.4 Å². The van der Waals surface area contributed by atoms with Crippen LogP contribution in [0.4, 0.5) is 11.5 Å². The molecule has 0 saturated carbocycles. The number of aromatic nitrogens is 3. The number of fused-ring (bicyclic) bond motifs is 1. The average Bonchev–Trinajstić information content (AvgIpc) is 2.67. The molecule has 3 N–H and O–H groups in total. The number of rotatable bonds is 9. The summed E-state index contributed by atoms with van der Waals surface area (Å²) >= 11 is 0. The first kappa shape index (κ1) is 19.9. The standard InChI is InChI=1S/C18H21N5O4S/c1-28(25,26)23-14-2-3-16-15(12-14)18(20-8-10-27-11-9-24)22-17(21-16)13-4-6-19-7-5-13/h2-7,12,23-24H,8-11H2,1H3,(H,20,21,22). The highest BCUT2D eigenvalue weighted by Crippen LogP contribution is 2.27. The minimum atomic E-state index is -3.40. The Kier molecular flexibility index (Phi) is 6.34. The minimum absolute atomic E-state index is 0.0385. The Hall–Kier alpha value is -2.82. The number of aliphatic hydroxyl groups excluding tert-OH is 1. The van der Waals surface area contributed by atoms with Gasteiger partial charge in [0.25, 0.3) is 0 Å². The van der Waals surface area contributed by atoms with Gasteiger partial charge in [0.15, 0.2) is 5.82 Å². The Morgan fingerprint density at radius 3 is 2.61 bits per heavy atom. The summed E-state index contributed by atoms with van der Waals surface area (Å²) < 4.78 is 30.8. The van der Waals surface area contributed by atoms with Crippen LogP contribution in [0.25, 0.3) is 22.3 Å². The van der Waals surface area contributed by atoms with Crippen molar-refractivity contribution in [1.29, 1.82) is 0 Å². The van der Waals surface area contributed by atoms with E-state index in [2.05, 4.69) is 25.0 Å². The lowest BCUT2D eigenvalue weighted by Gasteiger charge is -2.12. The summed E-state index contributed by atoms with van der Waals surface area (Å²) in [5.41, 5.74) is 1.91. The van der Waals surface area contributed by atoms with Crippen molar-refractivity contribution < 1.29 is 18.3 Å². The molecule has 1 aromatic carbocycles. The maximum Gasteiger partial charge on any atom is 0.229 e. The van der Waals surface area contributed by atoms with Crippen molar-refractivity contribution in [2.75, 3.05) is 42.7 Å². The molecule has 0 radical (unpaired) electrons. The Balaban J connectivity index is 1.98. The Morgan fingerprint density at radius 2 is 1.89 bits per heavy atom. The van der Waals surface area contributed by atoms with Gasteiger partial charge in [0.05, 0.1) is 31.6 Å². The van der Waals surface area contributed by atoms with E-state index >= 15 is 0 Å². The summed E-state index contributed by atoms with van der Waals surface area (Å²) in [6, 6.07) is 8.71. The first-order valence-corrected chi connectivity index (χ1v) is 10.5. The molecule has 0 saturated heterocycles. The van der Waals surface area contributed by atoms with E-state index in [0.29, 0.717) is 41.4 Å². The van der Waals surface area contributed by atoms with Crippen LogP contribution in [0.15, 0.2) is 42.7 Å². The summed E-state index contributed by atoms with van der Waals surface area (Å²) in [7, 11) is -3.40. The predicted octanol–water partition coefficient (Wildman–Crippen LogP) is 1.48. The van der Waals surface area contributed by atoms with Gasteiger partial charge in [-0.15, -0.1) is 0 Å². The number of ether oxygens (including phenoxy) is 1. The van der Waals surface area contributed by atoms with E-state index < -0.39 is 10.0 Å². The predicted molar refractivity (Wildman–Crippen MR) is 108 cm³/mol. The molecule has 28 heavy (non-hydrogen) atoms. The number of nitrogens with one attached hydrogen (secondary N) is 2. The lowest BCUT2D eigenvalue weighted by Crippen LogP contribution is -2.13. The third kappa shape index (κ3) is 5.35. The number of hydrogen-bond donors (Lipinski definition) is 3. The number of pyridine rings is 1. The molecule has 0 aliphatic rings. The third-order valence-corrected chi connectivity index (χ3v) is 4.32. The molecular formula is C18H21N5O4S. The molecule has 0 atom stereocenters. The van der Waals surface area contributed by atoms with E-state index in [0.717, 1.165) is 11.8 Å². The van der Waals surface area contributed by atoms with Crippen LogP contribution >= 0.6 is 0 Å². The van der Waals surface area contributed by atoms with Crippen molar-refractivity contribution in [3.63, 3.8) is 0 Å². The van der Waals surface area contributed by atoms with Gasteiger partial charge in [-0.2, -0.15) is 0 Å². The fraction of sp³-hybridized carbons (Fsp3) is 0.278. The molecule has 0 bridgehead atoms. The summed E-state index contributed by atoms with van der Waals surface area (Å²) in [5.74, 6) is 1.08. The van der Waals surface area contributed by atoms with Gasteiger partial charge >= 0.3 is 0 Å². The lowest BCUT2D eigenvalue weighted by molar-refractivity contribution is 0.0992. The smallest absolute Gasteiger partial charge is 0.229 e. The zero-order chi connectivity index (χ0) is 20.0. The van der Waals surface area contributed by atoms with Crippen molar-refractivity contribution >= 4 is 32.4 Å². The molecule has 3 rings (SSSR count). The van der Waals surface area contributed by atoms with Gasteiger partial charge in [-0.3, -0.25) is 9.71 Å². The molecular weight excluding hydrogens is 382 g/mol. The van der Waals surface area contributed by atoms with Crippen LogP contribution in [0.3, 0.4) is 0 Å². The van der Waals surface area contributed by atoms with E-state index in [4.69, 9.17) is 9.84 Å². The largest absolute Gasteiger partial charge is 0.394 e. The van der Waals surface area contributed by atoms with Crippen LogP contribution in [-0.2, 0) is 14.8 Å². The van der Waals surface area contributed by atoms with Gasteiger partial charge in [0, 0.05) is 35.6 Å². The first-order chi connectivity index (χ1) is 13.5. The molecule has 3 aromatic rings. The molecule has 10 heteroatoms. The normalized spacial score (nSPS) is 11.5. The molecule has 0 spiro atoms. The molecule has 0 aliphatic heterocycles. The van der Waals surface area contributed by atoms with Crippen LogP contribution in [0.5, 0.6) is 0 Å². The molecule has 2 heterocycles. The van der Waals surface area contributed by atoms with Crippen molar-refractivity contribution in [2.24, 2.45) is 0 Å². The quantitative estimate of drug-likeness (QED) is 0.459. The maximum atomic E-state index is 11.5. The highest BCUT2D eigenvalue weighted by Gasteiger charge is 2.11. The number of hydrogen-bond acceptors (Lipinski definition) is 8. The van der Waals surface area contributed by atoms with Gasteiger partial charge in [-0.25, -0.2) is 18.4 Å². The Morgan fingerprint density at radius 1 is 1.11 bits per heavy atom. The van der Waals surface area contributed by atoms with Crippen molar-refractivity contribution in [2.45, 2.75) is 0 Å². The Bertz CT molecular complexity index is 1040. The number of sulfonamides is 1. The van der Waals surface area contributed by atoms with E-state index in [1.54, 1.807) is 30.6 Å². The summed E-state index contributed by atoms with van der Waals surface area (Å²) in [6.45, 7) is 1.07. The van der Waals surface area contributed by atoms with E-state index in [1.807, 2.05) is 12.1 Å². The summed E-state index contributed by atoms with van der Waals surface area (Å²) in [5, 5.41) is 12.7. The maximum absolute atomic E-state index is 11.5.